The van der Waals surface area contributed by atoms with E-state index in [0.29, 0.717) is 12.5 Å². The van der Waals surface area contributed by atoms with E-state index in [1.165, 1.54) is 0 Å². The molecule has 1 fully saturated rings. The van der Waals surface area contributed by atoms with E-state index in [2.05, 4.69) is 20.2 Å². The first-order valence-electron chi connectivity index (χ1n) is 10.3. The Hall–Kier alpha value is -2.96. The van der Waals surface area contributed by atoms with Gasteiger partial charge in [-0.05, 0) is 57.7 Å². The van der Waals surface area contributed by atoms with Crippen LogP contribution in [0.4, 0.5) is 10.7 Å². The topological polar surface area (TPSA) is 84.4 Å². The maximum atomic E-state index is 11.9. The molecule has 3 rings (SSSR count). The van der Waals surface area contributed by atoms with Gasteiger partial charge in [0.2, 0.25) is 5.95 Å². The predicted octanol–water partition coefficient (Wildman–Crippen LogP) is 3.97. The molecule has 1 aromatic heterocycles. The zero-order valence-corrected chi connectivity index (χ0v) is 18.1. The molecular formula is C23H30N4O3. The van der Waals surface area contributed by atoms with Crippen molar-refractivity contribution in [3.05, 3.63) is 42.2 Å². The molecule has 0 atom stereocenters. The lowest BCUT2D eigenvalue weighted by molar-refractivity contribution is -0.121. The van der Waals surface area contributed by atoms with Gasteiger partial charge in [-0.15, -0.1) is 0 Å². The summed E-state index contributed by atoms with van der Waals surface area (Å²) in [5.74, 6) is 1.13. The van der Waals surface area contributed by atoms with Gasteiger partial charge in [-0.1, -0.05) is 18.2 Å². The van der Waals surface area contributed by atoms with Crippen molar-refractivity contribution in [2.24, 2.45) is 5.92 Å². The van der Waals surface area contributed by atoms with Gasteiger partial charge in [0.1, 0.15) is 11.4 Å². The lowest BCUT2D eigenvalue weighted by Crippen LogP contribution is -2.36. The Balaban J connectivity index is 1.61. The summed E-state index contributed by atoms with van der Waals surface area (Å²) in [5.41, 5.74) is 2.34. The van der Waals surface area contributed by atoms with Gasteiger partial charge in [0, 0.05) is 43.5 Å². The van der Waals surface area contributed by atoms with Crippen molar-refractivity contribution in [3.63, 3.8) is 0 Å². The number of ketones is 1. The zero-order valence-electron chi connectivity index (χ0n) is 18.1. The Morgan fingerprint density at radius 3 is 2.40 bits per heavy atom. The molecule has 1 saturated heterocycles. The van der Waals surface area contributed by atoms with Crippen LogP contribution < -0.4 is 10.2 Å². The first kappa shape index (κ1) is 21.7. The number of nitrogens with zero attached hydrogens (tertiary/aromatic N) is 3. The maximum absolute atomic E-state index is 11.9. The van der Waals surface area contributed by atoms with Gasteiger partial charge in [0.15, 0.2) is 0 Å². The first-order valence-corrected chi connectivity index (χ1v) is 10.3. The number of hydrogen-bond acceptors (Lipinski definition) is 6. The molecule has 1 aliphatic rings. The summed E-state index contributed by atoms with van der Waals surface area (Å²) >= 11 is 0. The van der Waals surface area contributed by atoms with Gasteiger partial charge in [-0.3, -0.25) is 4.79 Å². The highest BCUT2D eigenvalue weighted by Crippen LogP contribution is 2.24. The van der Waals surface area contributed by atoms with Crippen LogP contribution in [-0.2, 0) is 16.1 Å². The zero-order chi connectivity index (χ0) is 21.7. The van der Waals surface area contributed by atoms with Gasteiger partial charge in [-0.25, -0.2) is 14.8 Å². The number of nitrogens with one attached hydrogen (secondary N) is 1. The molecule has 30 heavy (non-hydrogen) atoms. The van der Waals surface area contributed by atoms with Crippen LogP contribution in [0.5, 0.6) is 0 Å². The predicted molar refractivity (Wildman–Crippen MR) is 116 cm³/mol. The molecular weight excluding hydrogens is 380 g/mol. The molecule has 160 valence electrons. The first-order chi connectivity index (χ1) is 14.2. The van der Waals surface area contributed by atoms with Crippen LogP contribution in [-0.4, -0.2) is 40.5 Å². The van der Waals surface area contributed by atoms with Crippen molar-refractivity contribution >= 4 is 17.8 Å². The minimum Gasteiger partial charge on any atom is -0.444 e. The van der Waals surface area contributed by atoms with Crippen molar-refractivity contribution < 1.29 is 14.3 Å². The third-order valence-corrected chi connectivity index (χ3v) is 5.09. The Morgan fingerprint density at radius 1 is 1.13 bits per heavy atom. The Labute approximate surface area is 177 Å². The van der Waals surface area contributed by atoms with Crippen LogP contribution >= 0.6 is 0 Å². The molecule has 0 aliphatic carbocycles. The normalized spacial score (nSPS) is 15.0. The fourth-order valence-corrected chi connectivity index (χ4v) is 3.47. The third kappa shape index (κ3) is 6.02. The molecule has 2 aromatic rings. The Morgan fingerprint density at radius 2 is 1.80 bits per heavy atom. The molecule has 0 unspecified atom stereocenters. The highest BCUT2D eigenvalue weighted by molar-refractivity contribution is 5.78. The smallest absolute Gasteiger partial charge is 0.407 e. The van der Waals surface area contributed by atoms with E-state index in [4.69, 9.17) is 4.74 Å². The number of carbonyl (C=O) groups is 2. The van der Waals surface area contributed by atoms with Gasteiger partial charge in [0.25, 0.3) is 0 Å². The summed E-state index contributed by atoms with van der Waals surface area (Å²) in [5, 5.41) is 2.77. The summed E-state index contributed by atoms with van der Waals surface area (Å²) in [6.07, 6.45) is 4.91. The lowest BCUT2D eigenvalue weighted by atomic mass is 9.93. The van der Waals surface area contributed by atoms with Gasteiger partial charge in [-0.2, -0.15) is 0 Å². The minimum atomic E-state index is -0.521. The molecule has 1 amide bonds. The van der Waals surface area contributed by atoms with Crippen LogP contribution in [0.25, 0.3) is 11.1 Å². The number of anilines is 1. The van der Waals surface area contributed by atoms with Gasteiger partial charge >= 0.3 is 6.09 Å². The second kappa shape index (κ2) is 9.24. The van der Waals surface area contributed by atoms with Crippen molar-refractivity contribution in [1.29, 1.82) is 0 Å². The molecule has 0 spiro atoms. The molecule has 1 aliphatic heterocycles. The second-order valence-corrected chi connectivity index (χ2v) is 8.70. The standard InChI is InChI=1S/C23H30N4O3/c1-16(28)18-8-10-27(11-9-18)21-24-14-20(15-25-21)19-7-5-6-17(12-19)13-26-22(29)30-23(2,3)4/h5-7,12,14-15,18H,8-11,13H2,1-4H3,(H,26,29). The maximum Gasteiger partial charge on any atom is 0.407 e. The van der Waals surface area contributed by atoms with Crippen molar-refractivity contribution in [3.8, 4) is 11.1 Å². The summed E-state index contributed by atoms with van der Waals surface area (Å²) in [6.45, 7) is 9.16. The van der Waals surface area contributed by atoms with Crippen molar-refractivity contribution in [2.45, 2.75) is 52.7 Å². The van der Waals surface area contributed by atoms with Gasteiger partial charge in [0.05, 0.1) is 0 Å². The number of ether oxygens (including phenoxy) is 1. The number of aromatic nitrogens is 2. The molecule has 1 aromatic carbocycles. The average molecular weight is 411 g/mol. The van der Waals surface area contributed by atoms with E-state index in [1.54, 1.807) is 6.92 Å². The Bertz CT molecular complexity index is 882. The Kier molecular flexibility index (Phi) is 6.70. The van der Waals surface area contributed by atoms with E-state index in [-0.39, 0.29) is 11.7 Å². The number of piperidine rings is 1. The molecule has 7 nitrogen and oxygen atoms in total. The fraction of sp³-hybridized carbons (Fsp3) is 0.478. The van der Waals surface area contributed by atoms with Crippen LogP contribution in [0.1, 0.15) is 46.1 Å². The molecule has 1 N–H and O–H groups in total. The molecule has 0 radical (unpaired) electrons. The van der Waals surface area contributed by atoms with E-state index in [9.17, 15) is 9.59 Å². The highest BCUT2D eigenvalue weighted by atomic mass is 16.6. The largest absolute Gasteiger partial charge is 0.444 e. The van der Waals surface area contributed by atoms with Gasteiger partial charge < -0.3 is 15.0 Å². The van der Waals surface area contributed by atoms with Crippen LogP contribution in [0, 0.1) is 5.92 Å². The summed E-state index contributed by atoms with van der Waals surface area (Å²) in [6, 6.07) is 7.90. The van der Waals surface area contributed by atoms with E-state index in [0.717, 1.165) is 42.6 Å². The van der Waals surface area contributed by atoms with Crippen molar-refractivity contribution in [1.82, 2.24) is 15.3 Å². The number of benzene rings is 1. The van der Waals surface area contributed by atoms with Crippen LogP contribution in [0.3, 0.4) is 0 Å². The summed E-state index contributed by atoms with van der Waals surface area (Å²) in [7, 11) is 0. The number of rotatable bonds is 5. The molecule has 0 saturated carbocycles. The number of hydrogen-bond donors (Lipinski definition) is 1. The monoisotopic (exact) mass is 410 g/mol. The second-order valence-electron chi connectivity index (χ2n) is 8.70. The molecule has 7 heteroatoms. The third-order valence-electron chi connectivity index (χ3n) is 5.09. The van der Waals surface area contributed by atoms with E-state index in [1.807, 2.05) is 57.4 Å². The SMILES string of the molecule is CC(=O)C1CCN(c2ncc(-c3cccc(CNC(=O)OC(C)(C)C)c3)cn2)CC1. The summed E-state index contributed by atoms with van der Waals surface area (Å²) < 4.78 is 5.27. The van der Waals surface area contributed by atoms with Crippen LogP contribution in [0.15, 0.2) is 36.7 Å². The molecule has 0 bridgehead atoms. The highest BCUT2D eigenvalue weighted by Gasteiger charge is 2.23. The quantitative estimate of drug-likeness (QED) is 0.803. The van der Waals surface area contributed by atoms with E-state index >= 15 is 0 Å². The van der Waals surface area contributed by atoms with E-state index < -0.39 is 11.7 Å². The average Bonchev–Trinajstić information content (AvgIpc) is 2.71. The number of alkyl carbamates (subject to hydrolysis) is 1. The minimum absolute atomic E-state index is 0.164. The number of carbonyl (C=O) groups excluding carboxylic acids is 2. The fourth-order valence-electron chi connectivity index (χ4n) is 3.47. The summed E-state index contributed by atoms with van der Waals surface area (Å²) in [4.78, 5) is 34.6. The lowest BCUT2D eigenvalue weighted by Gasteiger charge is -2.30. The number of amides is 1. The van der Waals surface area contributed by atoms with Crippen molar-refractivity contribution in [2.75, 3.05) is 18.0 Å². The van der Waals surface area contributed by atoms with Crippen LogP contribution in [0.2, 0.25) is 0 Å². The number of Topliss-reactive ketones (excluding diaryl/α,β-unsaturated/α-hetero) is 1. The molecule has 2 heterocycles.